The Morgan fingerprint density at radius 2 is 2.05 bits per heavy atom. The first kappa shape index (κ1) is 15.3. The molecule has 1 N–H and O–H groups in total. The topological polar surface area (TPSA) is 12.0 Å². The third kappa shape index (κ3) is 3.60. The van der Waals surface area contributed by atoms with E-state index in [1.165, 1.54) is 31.4 Å². The van der Waals surface area contributed by atoms with Crippen LogP contribution < -0.4 is 5.32 Å². The molecule has 2 aliphatic rings. The predicted molar refractivity (Wildman–Crippen MR) is 86.1 cm³/mol. The van der Waals surface area contributed by atoms with Crippen LogP contribution in [0.2, 0.25) is 5.02 Å². The first-order valence-electron chi connectivity index (χ1n) is 8.12. The molecule has 2 aliphatic carbocycles. The van der Waals surface area contributed by atoms with Gasteiger partial charge in [0, 0.05) is 11.6 Å². The molecule has 0 bridgehead atoms. The van der Waals surface area contributed by atoms with Crippen LogP contribution in [0, 0.1) is 29.0 Å². The van der Waals surface area contributed by atoms with Gasteiger partial charge in [-0.3, -0.25) is 0 Å². The molecule has 0 aromatic heterocycles. The van der Waals surface area contributed by atoms with Gasteiger partial charge in [0.05, 0.1) is 0 Å². The number of nitrogens with one attached hydrogen (secondary N) is 1. The normalized spacial score (nSPS) is 30.7. The maximum Gasteiger partial charge on any atom is 0.124 e. The maximum atomic E-state index is 13.2. The van der Waals surface area contributed by atoms with E-state index in [1.807, 2.05) is 6.07 Å². The fraction of sp³-hybridized carbons (Fsp3) is 0.667. The number of hydrogen-bond donors (Lipinski definition) is 1. The molecule has 1 aromatic rings. The Balaban J connectivity index is 1.70. The Hall–Kier alpha value is -0.600. The van der Waals surface area contributed by atoms with E-state index in [1.54, 1.807) is 0 Å². The van der Waals surface area contributed by atoms with E-state index in [9.17, 15) is 4.39 Å². The second-order valence-corrected chi connectivity index (χ2v) is 8.01. The van der Waals surface area contributed by atoms with E-state index >= 15 is 0 Å². The van der Waals surface area contributed by atoms with Crippen molar-refractivity contribution in [3.05, 3.63) is 34.6 Å². The third-order valence-electron chi connectivity index (χ3n) is 5.09. The van der Waals surface area contributed by atoms with Crippen LogP contribution >= 0.6 is 11.6 Å². The summed E-state index contributed by atoms with van der Waals surface area (Å²) in [5, 5.41) is 4.22. The van der Waals surface area contributed by atoms with Crippen molar-refractivity contribution in [1.29, 1.82) is 0 Å². The minimum Gasteiger partial charge on any atom is -0.316 e. The van der Waals surface area contributed by atoms with Gasteiger partial charge in [0.15, 0.2) is 0 Å². The lowest BCUT2D eigenvalue weighted by Gasteiger charge is -2.32. The number of rotatable bonds is 6. The fourth-order valence-corrected chi connectivity index (χ4v) is 4.29. The minimum absolute atomic E-state index is 0.245. The first-order chi connectivity index (χ1) is 9.97. The molecule has 116 valence electrons. The molecule has 21 heavy (non-hydrogen) atoms. The van der Waals surface area contributed by atoms with Crippen LogP contribution in [-0.2, 0) is 6.42 Å². The molecular formula is C18H25ClFN. The lowest BCUT2D eigenvalue weighted by molar-refractivity contribution is 0.245. The molecule has 0 spiro atoms. The summed E-state index contributed by atoms with van der Waals surface area (Å²) in [5.41, 5.74) is 1.43. The van der Waals surface area contributed by atoms with Crippen molar-refractivity contribution in [2.75, 3.05) is 13.1 Å². The van der Waals surface area contributed by atoms with Crippen molar-refractivity contribution in [3.8, 4) is 0 Å². The monoisotopic (exact) mass is 309 g/mol. The van der Waals surface area contributed by atoms with Gasteiger partial charge >= 0.3 is 0 Å². The van der Waals surface area contributed by atoms with Gasteiger partial charge in [0.25, 0.3) is 0 Å². The van der Waals surface area contributed by atoms with Crippen molar-refractivity contribution in [1.82, 2.24) is 5.32 Å². The molecule has 0 heterocycles. The zero-order valence-corrected chi connectivity index (χ0v) is 13.7. The highest BCUT2D eigenvalue weighted by atomic mass is 35.5. The van der Waals surface area contributed by atoms with Crippen molar-refractivity contribution in [3.63, 3.8) is 0 Å². The number of hydrogen-bond acceptors (Lipinski definition) is 1. The number of halogens is 2. The van der Waals surface area contributed by atoms with Crippen LogP contribution in [0.15, 0.2) is 18.2 Å². The molecule has 2 saturated carbocycles. The summed E-state index contributed by atoms with van der Waals surface area (Å²) in [6.45, 7) is 6.60. The van der Waals surface area contributed by atoms with Gasteiger partial charge in [0.2, 0.25) is 0 Å². The Morgan fingerprint density at radius 3 is 2.67 bits per heavy atom. The quantitative estimate of drug-likeness (QED) is 0.804. The largest absolute Gasteiger partial charge is 0.316 e. The molecule has 0 radical (unpaired) electrons. The van der Waals surface area contributed by atoms with Crippen LogP contribution in [0.25, 0.3) is 0 Å². The van der Waals surface area contributed by atoms with E-state index in [-0.39, 0.29) is 5.82 Å². The first-order valence-corrected chi connectivity index (χ1v) is 8.50. The fourth-order valence-electron chi connectivity index (χ4n) is 4.05. The summed E-state index contributed by atoms with van der Waals surface area (Å²) in [5.74, 6) is 2.30. The van der Waals surface area contributed by atoms with Crippen LogP contribution in [0.5, 0.6) is 0 Å². The van der Waals surface area contributed by atoms with E-state index < -0.39 is 0 Å². The van der Waals surface area contributed by atoms with Gasteiger partial charge in [-0.25, -0.2) is 4.39 Å². The molecule has 0 amide bonds. The lowest BCUT2D eigenvalue weighted by Crippen LogP contribution is -2.36. The molecule has 0 aliphatic heterocycles. The standard InChI is InChI=1S/C18H25ClFN/c1-12(2)10-21-11-18(8-14-5-15(14)9-18)7-13-3-4-16(20)6-17(13)19/h3-4,6,12,14-15,21H,5,7-11H2,1-2H3. The van der Waals surface area contributed by atoms with Gasteiger partial charge in [-0.05, 0) is 73.1 Å². The Bertz CT molecular complexity index is 504. The Morgan fingerprint density at radius 1 is 1.33 bits per heavy atom. The SMILES string of the molecule is CC(C)CNCC1(Cc2ccc(F)cc2Cl)CC2CC2C1. The van der Waals surface area contributed by atoms with E-state index in [0.29, 0.717) is 16.4 Å². The highest BCUT2D eigenvalue weighted by Gasteiger charge is 2.53. The zero-order chi connectivity index (χ0) is 15.0. The molecule has 2 fully saturated rings. The number of fused-ring (bicyclic) bond motifs is 1. The van der Waals surface area contributed by atoms with Gasteiger partial charge in [0.1, 0.15) is 5.82 Å². The second kappa shape index (κ2) is 5.89. The molecule has 2 atom stereocenters. The average Bonchev–Trinajstić information content (AvgIpc) is 3.01. The number of benzene rings is 1. The van der Waals surface area contributed by atoms with Gasteiger partial charge in [-0.15, -0.1) is 0 Å². The summed E-state index contributed by atoms with van der Waals surface area (Å²) in [7, 11) is 0. The van der Waals surface area contributed by atoms with Crippen LogP contribution in [0.3, 0.4) is 0 Å². The van der Waals surface area contributed by atoms with Gasteiger partial charge in [-0.2, -0.15) is 0 Å². The van der Waals surface area contributed by atoms with Crippen molar-refractivity contribution in [2.24, 2.45) is 23.2 Å². The summed E-state index contributed by atoms with van der Waals surface area (Å²) in [6, 6.07) is 4.85. The van der Waals surface area contributed by atoms with E-state index in [0.717, 1.165) is 36.9 Å². The Kier molecular flexibility index (Phi) is 4.29. The van der Waals surface area contributed by atoms with Crippen LogP contribution in [0.1, 0.15) is 38.7 Å². The summed E-state index contributed by atoms with van der Waals surface area (Å²) < 4.78 is 13.2. The van der Waals surface area contributed by atoms with Crippen molar-refractivity contribution < 1.29 is 4.39 Å². The molecule has 1 nitrogen and oxygen atoms in total. The lowest BCUT2D eigenvalue weighted by atomic mass is 9.77. The predicted octanol–water partition coefficient (Wildman–Crippen LogP) is 4.68. The molecular weight excluding hydrogens is 285 g/mol. The Labute approximate surface area is 132 Å². The summed E-state index contributed by atoms with van der Waals surface area (Å²) in [4.78, 5) is 0. The smallest absolute Gasteiger partial charge is 0.124 e. The molecule has 3 rings (SSSR count). The third-order valence-corrected chi connectivity index (χ3v) is 5.44. The summed E-state index contributed by atoms with van der Waals surface area (Å²) in [6.07, 6.45) is 5.00. The molecule has 1 aromatic carbocycles. The van der Waals surface area contributed by atoms with Crippen molar-refractivity contribution in [2.45, 2.75) is 39.5 Å². The highest BCUT2D eigenvalue weighted by Crippen LogP contribution is 2.60. The molecule has 2 unspecified atom stereocenters. The highest BCUT2D eigenvalue weighted by molar-refractivity contribution is 6.31. The molecule has 3 heteroatoms. The summed E-state index contributed by atoms with van der Waals surface area (Å²) >= 11 is 6.24. The van der Waals surface area contributed by atoms with Gasteiger partial charge < -0.3 is 5.32 Å². The molecule has 0 saturated heterocycles. The van der Waals surface area contributed by atoms with Crippen molar-refractivity contribution >= 4 is 11.6 Å². The second-order valence-electron chi connectivity index (χ2n) is 7.60. The van der Waals surface area contributed by atoms with Gasteiger partial charge in [-0.1, -0.05) is 31.5 Å². The maximum absolute atomic E-state index is 13.2. The average molecular weight is 310 g/mol. The van der Waals surface area contributed by atoms with E-state index in [4.69, 9.17) is 11.6 Å². The van der Waals surface area contributed by atoms with E-state index in [2.05, 4.69) is 19.2 Å². The van der Waals surface area contributed by atoms with Crippen LogP contribution in [-0.4, -0.2) is 13.1 Å². The zero-order valence-electron chi connectivity index (χ0n) is 13.0. The van der Waals surface area contributed by atoms with Crippen LogP contribution in [0.4, 0.5) is 4.39 Å². The minimum atomic E-state index is -0.245.